The van der Waals surface area contributed by atoms with Gasteiger partial charge in [-0.2, -0.15) is 10.4 Å². The number of carbonyl (C=O) groups is 1. The van der Waals surface area contributed by atoms with E-state index in [1.165, 1.54) is 0 Å². The number of nitrogens with zero attached hydrogens (tertiary/aromatic N) is 2. The van der Waals surface area contributed by atoms with Crippen LogP contribution in [0.2, 0.25) is 5.02 Å². The Balaban J connectivity index is 1.56. The molecule has 4 rings (SSSR count). The second-order valence-electron chi connectivity index (χ2n) is 7.00. The monoisotopic (exact) mass is 439 g/mol. The smallest absolute Gasteiger partial charge is 0.271 e. The summed E-state index contributed by atoms with van der Waals surface area (Å²) in [6.45, 7) is 0.369. The number of fused-ring (bicyclic) bond motifs is 1. The van der Waals surface area contributed by atoms with E-state index in [2.05, 4.69) is 10.5 Å². The Morgan fingerprint density at radius 1 is 1.00 bits per heavy atom. The molecule has 0 aromatic heterocycles. The molecule has 1 N–H and O–H groups in total. The Morgan fingerprint density at radius 3 is 2.50 bits per heavy atom. The molecule has 0 atom stereocenters. The molecule has 0 aliphatic heterocycles. The second kappa shape index (κ2) is 9.78. The van der Waals surface area contributed by atoms with Gasteiger partial charge in [0.2, 0.25) is 0 Å². The molecule has 0 bridgehead atoms. The number of amides is 1. The predicted molar refractivity (Wildman–Crippen MR) is 126 cm³/mol. The number of benzene rings is 4. The third-order valence-corrected chi connectivity index (χ3v) is 5.13. The minimum atomic E-state index is -0.366. The maximum atomic E-state index is 12.4. The van der Waals surface area contributed by atoms with Crippen molar-refractivity contribution < 1.29 is 9.53 Å². The van der Waals surface area contributed by atoms with E-state index in [9.17, 15) is 4.79 Å². The van der Waals surface area contributed by atoms with E-state index in [0.29, 0.717) is 28.5 Å². The lowest BCUT2D eigenvalue weighted by atomic mass is 10.0. The summed E-state index contributed by atoms with van der Waals surface area (Å²) < 4.78 is 6.06. The zero-order valence-electron chi connectivity index (χ0n) is 17.0. The number of halogens is 1. The van der Waals surface area contributed by atoms with Gasteiger partial charge in [-0.05, 0) is 58.8 Å². The Morgan fingerprint density at radius 2 is 1.75 bits per heavy atom. The van der Waals surface area contributed by atoms with E-state index in [1.807, 2.05) is 66.7 Å². The maximum Gasteiger partial charge on any atom is 0.271 e. The van der Waals surface area contributed by atoms with Gasteiger partial charge in [-0.1, -0.05) is 54.1 Å². The van der Waals surface area contributed by atoms with Crippen molar-refractivity contribution in [3.63, 3.8) is 0 Å². The number of hydrogen-bond acceptors (Lipinski definition) is 4. The van der Waals surface area contributed by atoms with Crippen LogP contribution in [0.5, 0.6) is 5.75 Å². The van der Waals surface area contributed by atoms with Gasteiger partial charge in [0.15, 0.2) is 0 Å². The lowest BCUT2D eigenvalue weighted by Gasteiger charge is -2.12. The maximum absolute atomic E-state index is 12.4. The summed E-state index contributed by atoms with van der Waals surface area (Å²) in [6, 6.07) is 27.6. The highest BCUT2D eigenvalue weighted by atomic mass is 35.5. The lowest BCUT2D eigenvalue weighted by Crippen LogP contribution is -2.17. The SMILES string of the molecule is N#Cc1ccc(C(=O)N/N=C\c2c(OCc3ccc(Cl)cc3)ccc3ccccc23)cc1. The highest BCUT2D eigenvalue weighted by molar-refractivity contribution is 6.30. The van der Waals surface area contributed by atoms with Gasteiger partial charge in [0, 0.05) is 16.1 Å². The fourth-order valence-corrected chi connectivity index (χ4v) is 3.32. The Labute approximate surface area is 190 Å². The van der Waals surface area contributed by atoms with E-state index in [0.717, 1.165) is 21.9 Å². The summed E-state index contributed by atoms with van der Waals surface area (Å²) in [7, 11) is 0. The van der Waals surface area contributed by atoms with Gasteiger partial charge >= 0.3 is 0 Å². The van der Waals surface area contributed by atoms with Crippen LogP contribution in [0.4, 0.5) is 0 Å². The summed E-state index contributed by atoms with van der Waals surface area (Å²) in [5.41, 5.74) is 5.19. The predicted octanol–water partition coefficient (Wildman–Crippen LogP) is 5.71. The van der Waals surface area contributed by atoms with Gasteiger partial charge in [0.1, 0.15) is 12.4 Å². The number of nitriles is 1. The number of nitrogens with one attached hydrogen (secondary N) is 1. The first kappa shape index (κ1) is 21.1. The van der Waals surface area contributed by atoms with Crippen molar-refractivity contribution in [2.24, 2.45) is 5.10 Å². The molecule has 4 aromatic rings. The molecule has 0 aliphatic carbocycles. The lowest BCUT2D eigenvalue weighted by molar-refractivity contribution is 0.0955. The molecule has 156 valence electrons. The number of ether oxygens (including phenoxy) is 1. The first-order chi connectivity index (χ1) is 15.6. The molecule has 4 aromatic carbocycles. The molecule has 32 heavy (non-hydrogen) atoms. The van der Waals surface area contributed by atoms with Crippen LogP contribution < -0.4 is 10.2 Å². The highest BCUT2D eigenvalue weighted by Crippen LogP contribution is 2.27. The average Bonchev–Trinajstić information content (AvgIpc) is 2.84. The summed E-state index contributed by atoms with van der Waals surface area (Å²) >= 11 is 5.95. The molecule has 0 saturated heterocycles. The van der Waals surface area contributed by atoms with Crippen LogP contribution in [-0.4, -0.2) is 12.1 Å². The second-order valence-corrected chi connectivity index (χ2v) is 7.44. The van der Waals surface area contributed by atoms with Crippen LogP contribution in [0, 0.1) is 11.3 Å². The van der Waals surface area contributed by atoms with E-state index in [4.69, 9.17) is 21.6 Å². The van der Waals surface area contributed by atoms with Gasteiger partial charge in [0.05, 0.1) is 17.8 Å². The fraction of sp³-hybridized carbons (Fsp3) is 0.0385. The van der Waals surface area contributed by atoms with Gasteiger partial charge in [-0.3, -0.25) is 4.79 Å². The third kappa shape index (κ3) is 4.94. The standard InChI is InChI=1S/C26H18ClN3O2/c27-22-12-7-19(8-13-22)17-32-25-14-11-20-3-1-2-4-23(20)24(25)16-29-30-26(31)21-9-5-18(15-28)6-10-21/h1-14,16H,17H2,(H,30,31)/b29-16-. The molecular formula is C26H18ClN3O2. The molecule has 0 saturated carbocycles. The number of hydrazone groups is 1. The van der Waals surface area contributed by atoms with E-state index in [-0.39, 0.29) is 5.91 Å². The van der Waals surface area contributed by atoms with Crippen LogP contribution >= 0.6 is 11.6 Å². The van der Waals surface area contributed by atoms with Crippen molar-refractivity contribution in [3.8, 4) is 11.8 Å². The Bertz CT molecular complexity index is 1320. The molecule has 0 fully saturated rings. The summed E-state index contributed by atoms with van der Waals surface area (Å²) in [5, 5.41) is 15.7. The molecular weight excluding hydrogens is 422 g/mol. The molecule has 0 radical (unpaired) electrons. The van der Waals surface area contributed by atoms with Gasteiger partial charge in [-0.15, -0.1) is 0 Å². The fourth-order valence-electron chi connectivity index (χ4n) is 3.19. The van der Waals surface area contributed by atoms with Crippen LogP contribution in [-0.2, 0) is 6.61 Å². The summed E-state index contributed by atoms with van der Waals surface area (Å²) in [4.78, 5) is 12.4. The normalized spacial score (nSPS) is 10.8. The minimum Gasteiger partial charge on any atom is -0.488 e. The van der Waals surface area contributed by atoms with Gasteiger partial charge < -0.3 is 4.74 Å². The number of rotatable bonds is 6. The van der Waals surface area contributed by atoms with Crippen LogP contribution in [0.3, 0.4) is 0 Å². The molecule has 1 amide bonds. The zero-order valence-corrected chi connectivity index (χ0v) is 17.7. The Hall–Kier alpha value is -4.14. The van der Waals surface area contributed by atoms with Crippen LogP contribution in [0.25, 0.3) is 10.8 Å². The molecule has 0 spiro atoms. The van der Waals surface area contributed by atoms with Crippen LogP contribution in [0.1, 0.15) is 27.0 Å². The topological polar surface area (TPSA) is 74.5 Å². The van der Waals surface area contributed by atoms with Crippen molar-refractivity contribution in [3.05, 3.63) is 112 Å². The van der Waals surface area contributed by atoms with Crippen molar-refractivity contribution in [1.82, 2.24) is 5.43 Å². The molecule has 0 heterocycles. The number of hydrogen-bond donors (Lipinski definition) is 1. The van der Waals surface area contributed by atoms with Crippen molar-refractivity contribution in [2.45, 2.75) is 6.61 Å². The first-order valence-corrected chi connectivity index (χ1v) is 10.2. The van der Waals surface area contributed by atoms with Crippen molar-refractivity contribution in [1.29, 1.82) is 5.26 Å². The van der Waals surface area contributed by atoms with Gasteiger partial charge in [0.25, 0.3) is 5.91 Å². The minimum absolute atomic E-state index is 0.366. The molecule has 0 aliphatic rings. The van der Waals surface area contributed by atoms with E-state index in [1.54, 1.807) is 30.5 Å². The van der Waals surface area contributed by atoms with Crippen molar-refractivity contribution >= 4 is 34.5 Å². The molecule has 6 heteroatoms. The zero-order chi connectivity index (χ0) is 22.3. The molecule has 5 nitrogen and oxygen atoms in total. The number of carbonyl (C=O) groups excluding carboxylic acids is 1. The van der Waals surface area contributed by atoms with Crippen molar-refractivity contribution in [2.75, 3.05) is 0 Å². The first-order valence-electron chi connectivity index (χ1n) is 9.86. The highest BCUT2D eigenvalue weighted by Gasteiger charge is 2.09. The van der Waals surface area contributed by atoms with E-state index >= 15 is 0 Å². The summed E-state index contributed by atoms with van der Waals surface area (Å²) in [6.07, 6.45) is 1.58. The Kier molecular flexibility index (Phi) is 6.45. The third-order valence-electron chi connectivity index (χ3n) is 4.87. The van der Waals surface area contributed by atoms with Gasteiger partial charge in [-0.25, -0.2) is 5.43 Å². The van der Waals surface area contributed by atoms with Crippen LogP contribution in [0.15, 0.2) is 90.0 Å². The van der Waals surface area contributed by atoms with E-state index < -0.39 is 0 Å². The quantitative estimate of drug-likeness (QED) is 0.309. The average molecular weight is 440 g/mol. The summed E-state index contributed by atoms with van der Waals surface area (Å²) in [5.74, 6) is 0.282. The largest absolute Gasteiger partial charge is 0.488 e. The molecule has 0 unspecified atom stereocenters.